The molecule has 7 heteroatoms. The van der Waals surface area contributed by atoms with Gasteiger partial charge in [-0.3, -0.25) is 14.9 Å². The van der Waals surface area contributed by atoms with Crippen LogP contribution in [0.15, 0.2) is 48.5 Å². The number of nitro benzene ring substituents is 1. The van der Waals surface area contributed by atoms with Gasteiger partial charge in [0.15, 0.2) is 12.4 Å². The Bertz CT molecular complexity index is 775. The summed E-state index contributed by atoms with van der Waals surface area (Å²) in [7, 11) is 0. The Morgan fingerprint density at radius 1 is 1.24 bits per heavy atom. The van der Waals surface area contributed by atoms with Gasteiger partial charge in [0.1, 0.15) is 0 Å². The molecule has 2 aromatic rings. The summed E-state index contributed by atoms with van der Waals surface area (Å²) in [6.07, 6.45) is 2.11. The summed E-state index contributed by atoms with van der Waals surface area (Å²) < 4.78 is 5.34. The molecule has 1 amide bonds. The molecule has 6 nitrogen and oxygen atoms in total. The van der Waals surface area contributed by atoms with Gasteiger partial charge in [0.2, 0.25) is 0 Å². The van der Waals surface area contributed by atoms with E-state index in [9.17, 15) is 14.9 Å². The second kappa shape index (κ2) is 7.53. The minimum atomic E-state index is -0.534. The predicted octanol–water partition coefficient (Wildman–Crippen LogP) is 3.89. The van der Waals surface area contributed by atoms with Crippen LogP contribution in [-0.4, -0.2) is 17.4 Å². The Morgan fingerprint density at radius 2 is 1.92 bits per heavy atom. The van der Waals surface area contributed by atoms with Crippen LogP contribution in [0.3, 0.4) is 0 Å². The fraction of sp³-hybridized carbons (Fsp3) is 0.278. The Morgan fingerprint density at radius 3 is 2.56 bits per heavy atom. The van der Waals surface area contributed by atoms with Gasteiger partial charge in [0.05, 0.1) is 11.0 Å². The Hall–Kier alpha value is -2.60. The van der Waals surface area contributed by atoms with Gasteiger partial charge < -0.3 is 10.1 Å². The molecule has 0 aliphatic heterocycles. The smallest absolute Gasteiger partial charge is 0.310 e. The van der Waals surface area contributed by atoms with Crippen LogP contribution in [-0.2, 0) is 4.79 Å². The molecule has 0 radical (unpaired) electrons. The molecular formula is C18H17ClN2O4. The number of carbonyl (C=O) groups is 1. The molecule has 2 aromatic carbocycles. The van der Waals surface area contributed by atoms with Crippen LogP contribution in [0.1, 0.15) is 24.4 Å². The van der Waals surface area contributed by atoms with E-state index in [0.717, 1.165) is 18.4 Å². The van der Waals surface area contributed by atoms with Gasteiger partial charge in [-0.1, -0.05) is 35.9 Å². The number of hydrogen-bond acceptors (Lipinski definition) is 4. The lowest BCUT2D eigenvalue weighted by atomic mass is 10.0. The van der Waals surface area contributed by atoms with Crippen molar-refractivity contribution < 1.29 is 14.5 Å². The highest BCUT2D eigenvalue weighted by molar-refractivity contribution is 6.30. The molecule has 1 N–H and O–H groups in total. The summed E-state index contributed by atoms with van der Waals surface area (Å²) in [5.74, 6) is 0.165. The number of nitrogens with one attached hydrogen (secondary N) is 1. The van der Waals surface area contributed by atoms with Crippen LogP contribution in [0, 0.1) is 16.0 Å². The first-order chi connectivity index (χ1) is 12.0. The molecular weight excluding hydrogens is 344 g/mol. The lowest BCUT2D eigenvalue weighted by Gasteiger charge is -2.19. The normalized spacial score (nSPS) is 14.6. The predicted molar refractivity (Wildman–Crippen MR) is 93.7 cm³/mol. The van der Waals surface area contributed by atoms with E-state index in [1.54, 1.807) is 24.3 Å². The number of ether oxygens (including phenoxy) is 1. The first-order valence-corrected chi connectivity index (χ1v) is 8.33. The van der Waals surface area contributed by atoms with Crippen LogP contribution in [0.5, 0.6) is 5.75 Å². The van der Waals surface area contributed by atoms with E-state index < -0.39 is 4.92 Å². The van der Waals surface area contributed by atoms with Crippen LogP contribution in [0.25, 0.3) is 0 Å². The van der Waals surface area contributed by atoms with E-state index >= 15 is 0 Å². The van der Waals surface area contributed by atoms with Crippen molar-refractivity contribution in [1.29, 1.82) is 0 Å². The molecule has 3 rings (SSSR count). The van der Waals surface area contributed by atoms with E-state index in [-0.39, 0.29) is 30.0 Å². The zero-order valence-corrected chi connectivity index (χ0v) is 14.1. The Balaban J connectivity index is 1.63. The van der Waals surface area contributed by atoms with Crippen molar-refractivity contribution in [2.45, 2.75) is 18.9 Å². The van der Waals surface area contributed by atoms with Crippen LogP contribution in [0.2, 0.25) is 5.02 Å². The maximum absolute atomic E-state index is 12.2. The van der Waals surface area contributed by atoms with Crippen molar-refractivity contribution in [1.82, 2.24) is 5.32 Å². The molecule has 1 saturated carbocycles. The van der Waals surface area contributed by atoms with E-state index in [4.69, 9.17) is 16.3 Å². The third kappa shape index (κ3) is 4.48. The third-order valence-electron chi connectivity index (χ3n) is 4.06. The van der Waals surface area contributed by atoms with Gasteiger partial charge in [-0.25, -0.2) is 0 Å². The quantitative estimate of drug-likeness (QED) is 0.599. The maximum atomic E-state index is 12.2. The molecule has 0 heterocycles. The SMILES string of the molecule is O=C(COc1ccccc1[N+](=O)[O-])NC(c1ccc(Cl)cc1)C1CC1. The second-order valence-electron chi connectivity index (χ2n) is 5.95. The molecule has 1 fully saturated rings. The van der Waals surface area contributed by atoms with Crippen molar-refractivity contribution in [2.75, 3.05) is 6.61 Å². The minimum absolute atomic E-state index is 0.0807. The standard InChI is InChI=1S/C18H17ClN2O4/c19-14-9-7-13(8-10-14)18(12-5-6-12)20-17(22)11-25-16-4-2-1-3-15(16)21(23)24/h1-4,7-10,12,18H,5-6,11H2,(H,20,22). The molecule has 1 aliphatic rings. The molecule has 0 bridgehead atoms. The van der Waals surface area contributed by atoms with Gasteiger partial charge in [-0.15, -0.1) is 0 Å². The number of benzene rings is 2. The number of halogens is 1. The molecule has 130 valence electrons. The van der Waals surface area contributed by atoms with E-state index in [2.05, 4.69) is 5.32 Å². The highest BCUT2D eigenvalue weighted by Crippen LogP contribution is 2.41. The van der Waals surface area contributed by atoms with E-state index in [1.165, 1.54) is 12.1 Å². The molecule has 1 unspecified atom stereocenters. The average molecular weight is 361 g/mol. The zero-order valence-electron chi connectivity index (χ0n) is 13.4. The van der Waals surface area contributed by atoms with Crippen molar-refractivity contribution in [2.24, 2.45) is 5.92 Å². The average Bonchev–Trinajstić information content (AvgIpc) is 3.44. The summed E-state index contributed by atoms with van der Waals surface area (Å²) >= 11 is 5.91. The maximum Gasteiger partial charge on any atom is 0.310 e. The van der Waals surface area contributed by atoms with E-state index in [0.29, 0.717) is 10.9 Å². The van der Waals surface area contributed by atoms with E-state index in [1.807, 2.05) is 12.1 Å². The molecule has 1 aliphatic carbocycles. The Labute approximate surface area is 149 Å². The first-order valence-electron chi connectivity index (χ1n) is 7.95. The molecule has 25 heavy (non-hydrogen) atoms. The number of hydrogen-bond donors (Lipinski definition) is 1. The van der Waals surface area contributed by atoms with Crippen molar-refractivity contribution in [3.8, 4) is 5.75 Å². The largest absolute Gasteiger partial charge is 0.477 e. The number of carbonyl (C=O) groups excluding carboxylic acids is 1. The van der Waals surface area contributed by atoms with Crippen LogP contribution < -0.4 is 10.1 Å². The minimum Gasteiger partial charge on any atom is -0.477 e. The second-order valence-corrected chi connectivity index (χ2v) is 6.38. The number of nitrogens with zero attached hydrogens (tertiary/aromatic N) is 1. The van der Waals surface area contributed by atoms with Crippen molar-refractivity contribution in [3.63, 3.8) is 0 Å². The van der Waals surface area contributed by atoms with Gasteiger partial charge in [0, 0.05) is 11.1 Å². The zero-order chi connectivity index (χ0) is 17.8. The highest BCUT2D eigenvalue weighted by atomic mass is 35.5. The van der Waals surface area contributed by atoms with Crippen LogP contribution >= 0.6 is 11.6 Å². The van der Waals surface area contributed by atoms with Gasteiger partial charge in [0.25, 0.3) is 5.91 Å². The monoisotopic (exact) mass is 360 g/mol. The summed E-state index contributed by atoms with van der Waals surface area (Å²) in [5, 5.41) is 14.6. The fourth-order valence-electron chi connectivity index (χ4n) is 2.66. The third-order valence-corrected chi connectivity index (χ3v) is 4.31. The molecule has 0 spiro atoms. The number of amides is 1. The Kier molecular flexibility index (Phi) is 5.19. The highest BCUT2D eigenvalue weighted by Gasteiger charge is 2.33. The summed E-state index contributed by atoms with van der Waals surface area (Å²) in [6.45, 7) is -0.276. The number of para-hydroxylation sites is 2. The lowest BCUT2D eigenvalue weighted by Crippen LogP contribution is -2.33. The molecule has 0 saturated heterocycles. The summed E-state index contributed by atoms with van der Waals surface area (Å²) in [6, 6.07) is 13.3. The van der Waals surface area contributed by atoms with Gasteiger partial charge >= 0.3 is 5.69 Å². The number of rotatable bonds is 7. The van der Waals surface area contributed by atoms with Crippen molar-refractivity contribution in [3.05, 3.63) is 69.2 Å². The topological polar surface area (TPSA) is 81.5 Å². The summed E-state index contributed by atoms with van der Waals surface area (Å²) in [5.41, 5.74) is 0.831. The van der Waals surface area contributed by atoms with Crippen molar-refractivity contribution >= 4 is 23.2 Å². The first kappa shape index (κ1) is 17.2. The summed E-state index contributed by atoms with van der Waals surface area (Å²) in [4.78, 5) is 22.7. The molecule has 0 aromatic heterocycles. The lowest BCUT2D eigenvalue weighted by molar-refractivity contribution is -0.385. The fourth-order valence-corrected chi connectivity index (χ4v) is 2.79. The van der Waals surface area contributed by atoms with Gasteiger partial charge in [-0.2, -0.15) is 0 Å². The number of nitro groups is 1. The molecule has 1 atom stereocenters. The van der Waals surface area contributed by atoms with Crippen LogP contribution in [0.4, 0.5) is 5.69 Å². The van der Waals surface area contributed by atoms with Gasteiger partial charge in [-0.05, 0) is 42.5 Å².